The number of rotatable bonds is 4. The fourth-order valence-electron chi connectivity index (χ4n) is 3.66. The van der Waals surface area contributed by atoms with Gasteiger partial charge in [-0.2, -0.15) is 4.31 Å². The van der Waals surface area contributed by atoms with E-state index in [2.05, 4.69) is 15.9 Å². The van der Waals surface area contributed by atoms with Crippen LogP contribution in [0.3, 0.4) is 0 Å². The van der Waals surface area contributed by atoms with Gasteiger partial charge in [-0.1, -0.05) is 12.8 Å². The summed E-state index contributed by atoms with van der Waals surface area (Å²) in [6.45, 7) is 0.505. The van der Waals surface area contributed by atoms with E-state index in [1.165, 1.54) is 24.2 Å². The van der Waals surface area contributed by atoms with Crippen molar-refractivity contribution in [1.29, 1.82) is 0 Å². The molecule has 2 heterocycles. The topological polar surface area (TPSA) is 57.6 Å². The Kier molecular flexibility index (Phi) is 4.76. The fraction of sp³-hybridized carbons (Fsp3) is 0.714. The van der Waals surface area contributed by atoms with E-state index in [-0.39, 0.29) is 12.6 Å². The largest absolute Gasteiger partial charge is 0.391 e. The highest BCUT2D eigenvalue weighted by atomic mass is 79.9. The minimum Gasteiger partial charge on any atom is -0.391 e. The van der Waals surface area contributed by atoms with E-state index >= 15 is 0 Å². The second-order valence-corrected chi connectivity index (χ2v) is 10.2. The summed E-state index contributed by atoms with van der Waals surface area (Å²) < 4.78 is 28.3. The maximum atomic E-state index is 13.0. The molecule has 4 nitrogen and oxygen atoms in total. The van der Waals surface area contributed by atoms with Gasteiger partial charge in [-0.3, -0.25) is 0 Å². The lowest BCUT2D eigenvalue weighted by atomic mass is 9.97. The minimum atomic E-state index is -3.46. The maximum Gasteiger partial charge on any atom is 0.245 e. The van der Waals surface area contributed by atoms with Crippen LogP contribution in [0.4, 0.5) is 0 Å². The Bertz CT molecular complexity index is 608. The van der Waals surface area contributed by atoms with Gasteiger partial charge in [0.25, 0.3) is 0 Å². The second-order valence-electron chi connectivity index (χ2n) is 5.88. The molecule has 1 aliphatic carbocycles. The van der Waals surface area contributed by atoms with Crippen molar-refractivity contribution in [3.63, 3.8) is 0 Å². The predicted molar refractivity (Wildman–Crippen MR) is 86.8 cm³/mol. The Morgan fingerprint density at radius 3 is 2.62 bits per heavy atom. The first-order chi connectivity index (χ1) is 10.0. The maximum absolute atomic E-state index is 13.0. The molecule has 0 radical (unpaired) electrons. The van der Waals surface area contributed by atoms with Crippen LogP contribution < -0.4 is 0 Å². The third-order valence-corrected chi connectivity index (χ3v) is 8.80. The van der Waals surface area contributed by atoms with E-state index in [0.717, 1.165) is 25.7 Å². The zero-order chi connectivity index (χ0) is 15.0. The van der Waals surface area contributed by atoms with E-state index in [1.54, 1.807) is 10.4 Å². The molecule has 1 aliphatic heterocycles. The molecule has 118 valence electrons. The molecule has 0 bridgehead atoms. The summed E-state index contributed by atoms with van der Waals surface area (Å²) >= 11 is 4.64. The van der Waals surface area contributed by atoms with Gasteiger partial charge in [0, 0.05) is 17.5 Å². The first-order valence-electron chi connectivity index (χ1n) is 7.45. The van der Waals surface area contributed by atoms with Gasteiger partial charge >= 0.3 is 0 Å². The highest BCUT2D eigenvalue weighted by Gasteiger charge is 2.41. The van der Waals surface area contributed by atoms with E-state index in [1.807, 2.05) is 0 Å². The molecule has 1 saturated carbocycles. The lowest BCUT2D eigenvalue weighted by molar-refractivity contribution is 0.284. The van der Waals surface area contributed by atoms with Gasteiger partial charge in [-0.25, -0.2) is 8.42 Å². The number of aliphatic hydroxyl groups is 1. The molecule has 2 aliphatic rings. The number of halogens is 1. The molecule has 0 spiro atoms. The molecule has 21 heavy (non-hydrogen) atoms. The summed E-state index contributed by atoms with van der Waals surface area (Å²) in [4.78, 5) is 0.999. The van der Waals surface area contributed by atoms with Gasteiger partial charge in [0.05, 0.1) is 10.4 Å². The predicted octanol–water partition coefficient (Wildman–Crippen LogP) is 3.35. The SMILES string of the molecule is O=S(=O)(c1cc(CO)sc1Br)N1CCCC1C1CCCC1. The number of sulfonamides is 1. The third-order valence-electron chi connectivity index (χ3n) is 4.64. The van der Waals surface area contributed by atoms with Crippen molar-refractivity contribution in [3.05, 3.63) is 14.7 Å². The molecule has 7 heteroatoms. The molecule has 0 aromatic carbocycles. The summed E-state index contributed by atoms with van der Waals surface area (Å²) in [5.74, 6) is 0.525. The highest BCUT2D eigenvalue weighted by molar-refractivity contribution is 9.11. The van der Waals surface area contributed by atoms with Crippen molar-refractivity contribution >= 4 is 37.3 Å². The Labute approximate surface area is 138 Å². The van der Waals surface area contributed by atoms with Crippen LogP contribution in [0.5, 0.6) is 0 Å². The second kappa shape index (κ2) is 6.28. The van der Waals surface area contributed by atoms with Crippen molar-refractivity contribution in [2.75, 3.05) is 6.54 Å². The van der Waals surface area contributed by atoms with Gasteiger partial charge in [0.1, 0.15) is 4.90 Å². The monoisotopic (exact) mass is 393 g/mol. The van der Waals surface area contributed by atoms with Crippen LogP contribution in [0, 0.1) is 5.92 Å². The molecule has 1 N–H and O–H groups in total. The van der Waals surface area contributed by atoms with Crippen molar-refractivity contribution in [2.24, 2.45) is 5.92 Å². The summed E-state index contributed by atoms with van der Waals surface area (Å²) in [7, 11) is -3.46. The third kappa shape index (κ3) is 2.95. The summed E-state index contributed by atoms with van der Waals surface area (Å²) in [5.41, 5.74) is 0. The molecular weight excluding hydrogens is 374 g/mol. The zero-order valence-electron chi connectivity index (χ0n) is 11.8. The molecule has 1 saturated heterocycles. The number of hydrogen-bond acceptors (Lipinski definition) is 4. The Hall–Kier alpha value is 0.0500. The first-order valence-corrected chi connectivity index (χ1v) is 10.5. The highest BCUT2D eigenvalue weighted by Crippen LogP contribution is 2.40. The summed E-state index contributed by atoms with van der Waals surface area (Å²) in [5, 5.41) is 9.21. The number of aliphatic hydroxyl groups excluding tert-OH is 1. The number of nitrogens with zero attached hydrogens (tertiary/aromatic N) is 1. The smallest absolute Gasteiger partial charge is 0.245 e. The minimum absolute atomic E-state index is 0.120. The molecule has 1 atom stereocenters. The van der Waals surface area contributed by atoms with Crippen molar-refractivity contribution in [3.8, 4) is 0 Å². The van der Waals surface area contributed by atoms with Gasteiger partial charge in [0.15, 0.2) is 0 Å². The molecule has 2 fully saturated rings. The van der Waals surface area contributed by atoms with Crippen LogP contribution in [0.2, 0.25) is 0 Å². The van der Waals surface area contributed by atoms with Crippen molar-refractivity contribution in [1.82, 2.24) is 4.31 Å². The van der Waals surface area contributed by atoms with E-state index < -0.39 is 10.0 Å². The molecule has 0 amide bonds. The normalized spacial score (nSPS) is 25.0. The van der Waals surface area contributed by atoms with E-state index in [9.17, 15) is 13.5 Å². The van der Waals surface area contributed by atoms with Crippen molar-refractivity contribution < 1.29 is 13.5 Å². The summed E-state index contributed by atoms with van der Waals surface area (Å²) in [6.07, 6.45) is 6.71. The van der Waals surface area contributed by atoms with Crippen LogP contribution in [-0.2, 0) is 16.6 Å². The fourth-order valence-corrected chi connectivity index (χ4v) is 7.90. The number of thiophene rings is 1. The standard InChI is InChI=1S/C14H20BrNO3S2/c15-14-13(8-11(9-17)20-14)21(18,19)16-7-3-6-12(16)10-4-1-2-5-10/h8,10,12,17H,1-7,9H2. The zero-order valence-corrected chi connectivity index (χ0v) is 15.0. The summed E-state index contributed by atoms with van der Waals surface area (Å²) in [6, 6.07) is 1.77. The molecule has 1 aromatic heterocycles. The van der Waals surface area contributed by atoms with Crippen LogP contribution >= 0.6 is 27.3 Å². The molecule has 1 unspecified atom stereocenters. The lowest BCUT2D eigenvalue weighted by Gasteiger charge is -2.28. The van der Waals surface area contributed by atoms with Gasteiger partial charge < -0.3 is 5.11 Å². The quantitative estimate of drug-likeness (QED) is 0.852. The Morgan fingerprint density at radius 1 is 1.29 bits per heavy atom. The van der Waals surface area contributed by atoms with Gasteiger partial charge in [0.2, 0.25) is 10.0 Å². The van der Waals surface area contributed by atoms with Crippen LogP contribution in [-0.4, -0.2) is 30.4 Å². The van der Waals surface area contributed by atoms with Gasteiger partial charge in [-0.15, -0.1) is 11.3 Å². The van der Waals surface area contributed by atoms with Gasteiger partial charge in [-0.05, 0) is 53.6 Å². The van der Waals surface area contributed by atoms with Crippen molar-refractivity contribution in [2.45, 2.75) is 56.1 Å². The van der Waals surface area contributed by atoms with Crippen LogP contribution in [0.15, 0.2) is 14.7 Å². The van der Waals surface area contributed by atoms with Crippen LogP contribution in [0.25, 0.3) is 0 Å². The lowest BCUT2D eigenvalue weighted by Crippen LogP contribution is -2.39. The average molecular weight is 394 g/mol. The molecule has 1 aromatic rings. The Balaban J connectivity index is 1.90. The van der Waals surface area contributed by atoms with E-state index in [4.69, 9.17) is 0 Å². The Morgan fingerprint density at radius 2 is 2.00 bits per heavy atom. The average Bonchev–Trinajstić information content (AvgIpc) is 3.18. The first kappa shape index (κ1) is 15.9. The van der Waals surface area contributed by atoms with E-state index in [0.29, 0.717) is 26.0 Å². The number of hydrogen-bond donors (Lipinski definition) is 1. The molecular formula is C14H20BrNO3S2. The molecule has 3 rings (SSSR count). The van der Waals surface area contributed by atoms with Crippen LogP contribution in [0.1, 0.15) is 43.4 Å².